The van der Waals surface area contributed by atoms with Crippen LogP contribution in [0.3, 0.4) is 0 Å². The van der Waals surface area contributed by atoms with E-state index >= 15 is 0 Å². The van der Waals surface area contributed by atoms with Gasteiger partial charge in [0, 0.05) is 50.9 Å². The molecule has 0 amide bonds. The molecular formula is C23H31N5O. The topological polar surface area (TPSA) is 57.3 Å². The highest BCUT2D eigenvalue weighted by molar-refractivity contribution is 5.78. The van der Waals surface area contributed by atoms with Crippen LogP contribution in [0.25, 0.3) is 11.0 Å². The van der Waals surface area contributed by atoms with E-state index in [4.69, 9.17) is 4.74 Å². The van der Waals surface area contributed by atoms with Crippen molar-refractivity contribution in [2.75, 3.05) is 39.8 Å². The lowest BCUT2D eigenvalue weighted by molar-refractivity contribution is 0.148. The Balaban J connectivity index is 1.40. The summed E-state index contributed by atoms with van der Waals surface area (Å²) < 4.78 is 5.68. The number of hydrogen-bond donors (Lipinski definition) is 1. The molecule has 0 saturated carbocycles. The van der Waals surface area contributed by atoms with Crippen LogP contribution < -0.4 is 4.74 Å². The van der Waals surface area contributed by atoms with Gasteiger partial charge in [-0.15, -0.1) is 0 Å². The zero-order valence-electron chi connectivity index (χ0n) is 17.5. The van der Waals surface area contributed by atoms with E-state index in [0.29, 0.717) is 12.6 Å². The Morgan fingerprint density at radius 3 is 2.59 bits per heavy atom. The molecule has 4 rings (SSSR count). The zero-order chi connectivity index (χ0) is 20.1. The highest BCUT2D eigenvalue weighted by Crippen LogP contribution is 2.21. The molecule has 1 N–H and O–H groups in total. The molecule has 1 aliphatic rings. The van der Waals surface area contributed by atoms with Crippen molar-refractivity contribution in [3.8, 4) is 6.01 Å². The maximum atomic E-state index is 5.68. The summed E-state index contributed by atoms with van der Waals surface area (Å²) in [6.07, 6.45) is 6.81. The molecule has 0 bridgehead atoms. The van der Waals surface area contributed by atoms with Gasteiger partial charge in [-0.2, -0.15) is 4.98 Å². The van der Waals surface area contributed by atoms with Gasteiger partial charge in [0.05, 0.1) is 23.8 Å². The molecule has 0 atom stereocenters. The molecule has 6 heteroatoms. The van der Waals surface area contributed by atoms with Gasteiger partial charge in [0.1, 0.15) is 0 Å². The van der Waals surface area contributed by atoms with Gasteiger partial charge in [-0.05, 0) is 24.6 Å². The van der Waals surface area contributed by atoms with E-state index in [9.17, 15) is 0 Å². The highest BCUT2D eigenvalue weighted by atomic mass is 16.5. The van der Waals surface area contributed by atoms with E-state index in [2.05, 4.69) is 63.0 Å². The highest BCUT2D eigenvalue weighted by Gasteiger charge is 2.14. The average Bonchev–Trinajstić information content (AvgIpc) is 3.13. The Morgan fingerprint density at radius 2 is 1.83 bits per heavy atom. The third kappa shape index (κ3) is 5.14. The summed E-state index contributed by atoms with van der Waals surface area (Å²) >= 11 is 0. The van der Waals surface area contributed by atoms with Crippen LogP contribution in [0, 0.1) is 0 Å². The molecule has 154 valence electrons. The van der Waals surface area contributed by atoms with Gasteiger partial charge in [-0.25, -0.2) is 4.98 Å². The smallest absolute Gasteiger partial charge is 0.317 e. The summed E-state index contributed by atoms with van der Waals surface area (Å²) in [4.78, 5) is 17.1. The van der Waals surface area contributed by atoms with Gasteiger partial charge in [0.15, 0.2) is 0 Å². The molecule has 6 nitrogen and oxygen atoms in total. The van der Waals surface area contributed by atoms with Crippen molar-refractivity contribution < 1.29 is 4.74 Å². The number of rotatable bonds is 8. The van der Waals surface area contributed by atoms with Crippen molar-refractivity contribution in [2.45, 2.75) is 32.7 Å². The number of nitrogens with one attached hydrogen (secondary N) is 1. The van der Waals surface area contributed by atoms with Gasteiger partial charge in [-0.3, -0.25) is 4.90 Å². The summed E-state index contributed by atoms with van der Waals surface area (Å²) in [7, 11) is 2.20. The van der Waals surface area contributed by atoms with Crippen LogP contribution in [0.1, 0.15) is 36.5 Å². The van der Waals surface area contributed by atoms with Crippen molar-refractivity contribution in [3.05, 3.63) is 53.3 Å². The van der Waals surface area contributed by atoms with Crippen molar-refractivity contribution in [1.82, 2.24) is 24.8 Å². The summed E-state index contributed by atoms with van der Waals surface area (Å²) in [5.41, 5.74) is 5.75. The second-order valence-corrected chi connectivity index (χ2v) is 8.00. The summed E-state index contributed by atoms with van der Waals surface area (Å²) in [5.74, 6) is 0. The van der Waals surface area contributed by atoms with Crippen LogP contribution in [0.15, 0.2) is 36.7 Å². The monoisotopic (exact) mass is 393 g/mol. The molecular weight excluding hydrogens is 362 g/mol. The number of hydrogen-bond acceptors (Lipinski definition) is 5. The molecule has 1 aromatic carbocycles. The first-order valence-corrected chi connectivity index (χ1v) is 10.7. The van der Waals surface area contributed by atoms with Crippen LogP contribution >= 0.6 is 0 Å². The van der Waals surface area contributed by atoms with Crippen molar-refractivity contribution in [2.24, 2.45) is 0 Å². The van der Waals surface area contributed by atoms with Gasteiger partial charge >= 0.3 is 6.01 Å². The maximum absolute atomic E-state index is 5.68. The zero-order valence-corrected chi connectivity index (χ0v) is 17.5. The lowest BCUT2D eigenvalue weighted by Crippen LogP contribution is -2.43. The number of piperazine rings is 1. The van der Waals surface area contributed by atoms with Gasteiger partial charge in [0.2, 0.25) is 0 Å². The predicted octanol–water partition coefficient (Wildman–Crippen LogP) is 3.48. The van der Waals surface area contributed by atoms with Crippen LogP contribution in [0.5, 0.6) is 6.01 Å². The van der Waals surface area contributed by atoms with E-state index in [1.165, 1.54) is 16.7 Å². The number of aromatic nitrogens is 3. The third-order valence-electron chi connectivity index (χ3n) is 5.62. The maximum Gasteiger partial charge on any atom is 0.317 e. The third-order valence-corrected chi connectivity index (χ3v) is 5.62. The standard InChI is InChI=1S/C23H31N5O/c1-3-4-13-29-23-25-16-21-22(26-23)20(15-24-21)14-18-5-7-19(8-6-18)17-28-11-9-27(2)10-12-28/h5-8,15-16,24H,3-4,9-14,17H2,1-2H3. The Kier molecular flexibility index (Phi) is 6.42. The average molecular weight is 394 g/mol. The van der Waals surface area contributed by atoms with Crippen LogP contribution in [0.4, 0.5) is 0 Å². The SMILES string of the molecule is CCCCOc1ncc2[nH]cc(Cc3ccc(CN4CCN(C)CC4)cc3)c2n1. The minimum absolute atomic E-state index is 0.467. The number of ether oxygens (including phenoxy) is 1. The minimum atomic E-state index is 0.467. The van der Waals surface area contributed by atoms with E-state index in [-0.39, 0.29) is 0 Å². The molecule has 0 spiro atoms. The van der Waals surface area contributed by atoms with Crippen molar-refractivity contribution in [3.63, 3.8) is 0 Å². The summed E-state index contributed by atoms with van der Waals surface area (Å²) in [6.45, 7) is 8.46. The fourth-order valence-corrected chi connectivity index (χ4v) is 3.71. The number of H-pyrrole nitrogens is 1. The normalized spacial score (nSPS) is 15.8. The molecule has 2 aromatic heterocycles. The number of aromatic amines is 1. The first-order chi connectivity index (χ1) is 14.2. The molecule has 0 radical (unpaired) electrons. The molecule has 29 heavy (non-hydrogen) atoms. The van der Waals surface area contributed by atoms with Crippen molar-refractivity contribution in [1.29, 1.82) is 0 Å². The van der Waals surface area contributed by atoms with Gasteiger partial charge in [0.25, 0.3) is 0 Å². The lowest BCUT2D eigenvalue weighted by Gasteiger charge is -2.32. The van der Waals surface area contributed by atoms with E-state index < -0.39 is 0 Å². The van der Waals surface area contributed by atoms with Crippen LogP contribution in [-0.4, -0.2) is 64.6 Å². The first-order valence-electron chi connectivity index (χ1n) is 10.7. The van der Waals surface area contributed by atoms with E-state index in [0.717, 1.165) is 63.0 Å². The lowest BCUT2D eigenvalue weighted by atomic mass is 10.0. The van der Waals surface area contributed by atoms with Crippen molar-refractivity contribution >= 4 is 11.0 Å². The first kappa shape index (κ1) is 19.9. The second kappa shape index (κ2) is 9.37. The number of fused-ring (bicyclic) bond motifs is 1. The Hall–Kier alpha value is -2.44. The molecule has 0 unspecified atom stereocenters. The Labute approximate surface area is 172 Å². The summed E-state index contributed by atoms with van der Waals surface area (Å²) in [6, 6.07) is 9.47. The van der Waals surface area contributed by atoms with Crippen LogP contribution in [0.2, 0.25) is 0 Å². The van der Waals surface area contributed by atoms with E-state index in [1.807, 2.05) is 12.4 Å². The van der Waals surface area contributed by atoms with Crippen LogP contribution in [-0.2, 0) is 13.0 Å². The second-order valence-electron chi connectivity index (χ2n) is 8.00. The number of benzene rings is 1. The Bertz CT molecular complexity index is 913. The van der Waals surface area contributed by atoms with Gasteiger partial charge in [-0.1, -0.05) is 37.6 Å². The van der Waals surface area contributed by atoms with E-state index in [1.54, 1.807) is 0 Å². The quantitative estimate of drug-likeness (QED) is 0.594. The van der Waals surface area contributed by atoms with Gasteiger partial charge < -0.3 is 14.6 Å². The minimum Gasteiger partial charge on any atom is -0.463 e. The molecule has 3 aromatic rings. The number of likely N-dealkylation sites (N-methyl/N-ethyl adjacent to an activating group) is 1. The number of unbranched alkanes of at least 4 members (excludes halogenated alkanes) is 1. The predicted molar refractivity (Wildman–Crippen MR) is 116 cm³/mol. The summed E-state index contributed by atoms with van der Waals surface area (Å²) in [5, 5.41) is 0. The fraction of sp³-hybridized carbons (Fsp3) is 0.478. The molecule has 1 saturated heterocycles. The Morgan fingerprint density at radius 1 is 1.07 bits per heavy atom. The molecule has 0 aliphatic carbocycles. The molecule has 3 heterocycles. The largest absolute Gasteiger partial charge is 0.463 e. The molecule has 1 fully saturated rings. The number of nitrogens with zero attached hydrogens (tertiary/aromatic N) is 4. The fourth-order valence-electron chi connectivity index (χ4n) is 3.71. The molecule has 1 aliphatic heterocycles.